The molecule has 0 aromatic heterocycles. The highest BCUT2D eigenvalue weighted by atomic mass is 19.4. The highest BCUT2D eigenvalue weighted by Gasteiger charge is 2.82. The van der Waals surface area contributed by atoms with Crippen LogP contribution in [0.4, 0.5) is 13.2 Å². The van der Waals surface area contributed by atoms with E-state index in [2.05, 4.69) is 0 Å². The number of benzene rings is 1. The molecule has 1 aliphatic rings. The standard InChI is InChI=1S/C17H19F3O4/c1-3-23-14(21)12-13(17(18,19)20)16(12,15(22)24-4-2)10-11-8-6-5-7-9-11/h5-9,12-13H,3-4,10H2,1-2H3/t12-,13+,16-/m0/s1. The van der Waals surface area contributed by atoms with Crippen LogP contribution in [0.2, 0.25) is 0 Å². The monoisotopic (exact) mass is 344 g/mol. The maximum absolute atomic E-state index is 13.5. The summed E-state index contributed by atoms with van der Waals surface area (Å²) < 4.78 is 50.1. The summed E-state index contributed by atoms with van der Waals surface area (Å²) >= 11 is 0. The van der Waals surface area contributed by atoms with E-state index >= 15 is 0 Å². The van der Waals surface area contributed by atoms with Crippen LogP contribution in [0.15, 0.2) is 30.3 Å². The number of carbonyl (C=O) groups excluding carboxylic acids is 2. The highest BCUT2D eigenvalue weighted by Crippen LogP contribution is 2.67. The van der Waals surface area contributed by atoms with Gasteiger partial charge in [0.05, 0.1) is 30.5 Å². The Bertz CT molecular complexity index is 600. The molecule has 0 N–H and O–H groups in total. The van der Waals surface area contributed by atoms with Crippen LogP contribution in [-0.2, 0) is 25.5 Å². The van der Waals surface area contributed by atoms with E-state index in [1.165, 1.54) is 13.8 Å². The zero-order valence-electron chi connectivity index (χ0n) is 13.4. The Hall–Kier alpha value is -2.05. The molecule has 0 spiro atoms. The van der Waals surface area contributed by atoms with Gasteiger partial charge in [-0.15, -0.1) is 0 Å². The average Bonchev–Trinajstić information content (AvgIpc) is 3.19. The molecule has 0 unspecified atom stereocenters. The molecule has 1 fully saturated rings. The first-order valence-electron chi connectivity index (χ1n) is 7.73. The van der Waals surface area contributed by atoms with Gasteiger partial charge in [-0.25, -0.2) is 0 Å². The number of rotatable bonds is 6. The van der Waals surface area contributed by atoms with E-state index in [-0.39, 0.29) is 19.6 Å². The van der Waals surface area contributed by atoms with Crippen molar-refractivity contribution >= 4 is 11.9 Å². The zero-order chi connectivity index (χ0) is 18.0. The molecular weight excluding hydrogens is 325 g/mol. The summed E-state index contributed by atoms with van der Waals surface area (Å²) in [6, 6.07) is 8.29. The largest absolute Gasteiger partial charge is 0.466 e. The highest BCUT2D eigenvalue weighted by molar-refractivity contribution is 5.92. The van der Waals surface area contributed by atoms with Crippen LogP contribution in [0, 0.1) is 17.3 Å². The van der Waals surface area contributed by atoms with Crippen molar-refractivity contribution in [2.24, 2.45) is 17.3 Å². The molecule has 0 heterocycles. The third kappa shape index (κ3) is 3.25. The van der Waals surface area contributed by atoms with Gasteiger partial charge in [0.25, 0.3) is 0 Å². The summed E-state index contributed by atoms with van der Waals surface area (Å²) in [5.41, 5.74) is -1.42. The van der Waals surface area contributed by atoms with Crippen molar-refractivity contribution in [3.8, 4) is 0 Å². The van der Waals surface area contributed by atoms with Crippen molar-refractivity contribution in [3.63, 3.8) is 0 Å². The van der Waals surface area contributed by atoms with E-state index in [0.717, 1.165) is 0 Å². The van der Waals surface area contributed by atoms with Gasteiger partial charge in [-0.3, -0.25) is 9.59 Å². The topological polar surface area (TPSA) is 52.6 Å². The van der Waals surface area contributed by atoms with E-state index in [9.17, 15) is 22.8 Å². The minimum absolute atomic E-state index is 0.0514. The number of hydrogen-bond donors (Lipinski definition) is 0. The van der Waals surface area contributed by atoms with Gasteiger partial charge in [0.2, 0.25) is 0 Å². The lowest BCUT2D eigenvalue weighted by Crippen LogP contribution is -2.30. The number of halogens is 3. The predicted molar refractivity (Wildman–Crippen MR) is 78.9 cm³/mol. The maximum Gasteiger partial charge on any atom is 0.393 e. The normalized spacial score (nSPS) is 25.9. The Labute approximate surface area is 137 Å². The maximum atomic E-state index is 13.5. The van der Waals surface area contributed by atoms with Crippen molar-refractivity contribution in [1.82, 2.24) is 0 Å². The second-order valence-electron chi connectivity index (χ2n) is 5.67. The fourth-order valence-corrected chi connectivity index (χ4v) is 3.24. The Morgan fingerprint density at radius 1 is 1.08 bits per heavy atom. The van der Waals surface area contributed by atoms with Gasteiger partial charge in [-0.05, 0) is 25.8 Å². The van der Waals surface area contributed by atoms with Crippen LogP contribution >= 0.6 is 0 Å². The predicted octanol–water partition coefficient (Wildman–Crippen LogP) is 3.15. The van der Waals surface area contributed by atoms with Crippen LogP contribution in [-0.4, -0.2) is 31.3 Å². The number of ether oxygens (including phenoxy) is 2. The number of esters is 2. The molecular formula is C17H19F3O4. The lowest BCUT2D eigenvalue weighted by molar-refractivity contribution is -0.172. The third-order valence-electron chi connectivity index (χ3n) is 4.22. The summed E-state index contributed by atoms with van der Waals surface area (Å²) in [7, 11) is 0. The first kappa shape index (κ1) is 18.3. The summed E-state index contributed by atoms with van der Waals surface area (Å²) in [5.74, 6) is -5.68. The van der Waals surface area contributed by atoms with Gasteiger partial charge >= 0.3 is 18.1 Å². The summed E-state index contributed by atoms with van der Waals surface area (Å²) in [4.78, 5) is 24.4. The molecule has 7 heteroatoms. The smallest absolute Gasteiger partial charge is 0.393 e. The Kier molecular flexibility index (Phi) is 5.20. The lowest BCUT2D eigenvalue weighted by Gasteiger charge is -2.17. The molecule has 2 rings (SSSR count). The Morgan fingerprint density at radius 3 is 2.17 bits per heavy atom. The average molecular weight is 344 g/mol. The molecule has 1 aromatic rings. The number of carbonyl (C=O) groups is 2. The van der Waals surface area contributed by atoms with Crippen molar-refractivity contribution in [1.29, 1.82) is 0 Å². The summed E-state index contributed by atoms with van der Waals surface area (Å²) in [5, 5.41) is 0. The number of alkyl halides is 3. The quantitative estimate of drug-likeness (QED) is 0.744. The SMILES string of the molecule is CCOC(=O)[C@@H]1[C@@H](C(F)(F)F)[C@@]1(Cc1ccccc1)C(=O)OCC. The van der Waals surface area contributed by atoms with Gasteiger partial charge in [-0.1, -0.05) is 30.3 Å². The first-order chi connectivity index (χ1) is 11.3. The van der Waals surface area contributed by atoms with Crippen molar-refractivity contribution in [2.45, 2.75) is 26.4 Å². The van der Waals surface area contributed by atoms with Gasteiger partial charge in [0.1, 0.15) is 0 Å². The van der Waals surface area contributed by atoms with Crippen LogP contribution in [0.25, 0.3) is 0 Å². The van der Waals surface area contributed by atoms with Gasteiger partial charge in [-0.2, -0.15) is 13.2 Å². The molecule has 1 saturated carbocycles. The van der Waals surface area contributed by atoms with E-state index in [1.807, 2.05) is 0 Å². The summed E-state index contributed by atoms with van der Waals surface area (Å²) in [6.07, 6.45) is -4.92. The minimum atomic E-state index is -4.70. The molecule has 132 valence electrons. The van der Waals surface area contributed by atoms with Crippen LogP contribution in [0.5, 0.6) is 0 Å². The van der Waals surface area contributed by atoms with Crippen LogP contribution in [0.3, 0.4) is 0 Å². The van der Waals surface area contributed by atoms with E-state index < -0.39 is 35.4 Å². The van der Waals surface area contributed by atoms with E-state index in [0.29, 0.717) is 5.56 Å². The fraction of sp³-hybridized carbons (Fsp3) is 0.529. The first-order valence-corrected chi connectivity index (χ1v) is 7.73. The lowest BCUT2D eigenvalue weighted by atomic mass is 9.92. The molecule has 0 radical (unpaired) electrons. The van der Waals surface area contributed by atoms with Crippen LogP contribution < -0.4 is 0 Å². The van der Waals surface area contributed by atoms with Gasteiger partial charge in [0, 0.05) is 0 Å². The molecule has 24 heavy (non-hydrogen) atoms. The Morgan fingerprint density at radius 2 is 1.67 bits per heavy atom. The van der Waals surface area contributed by atoms with Crippen molar-refractivity contribution in [3.05, 3.63) is 35.9 Å². The molecule has 0 amide bonds. The summed E-state index contributed by atoms with van der Waals surface area (Å²) in [6.45, 7) is 2.91. The van der Waals surface area contributed by atoms with Crippen molar-refractivity contribution in [2.75, 3.05) is 13.2 Å². The third-order valence-corrected chi connectivity index (χ3v) is 4.22. The van der Waals surface area contributed by atoms with E-state index in [4.69, 9.17) is 9.47 Å². The number of hydrogen-bond acceptors (Lipinski definition) is 4. The molecule has 3 atom stereocenters. The van der Waals surface area contributed by atoms with Gasteiger partial charge in [0.15, 0.2) is 0 Å². The second-order valence-corrected chi connectivity index (χ2v) is 5.67. The molecule has 4 nitrogen and oxygen atoms in total. The second kappa shape index (κ2) is 6.83. The fourth-order valence-electron chi connectivity index (χ4n) is 3.24. The molecule has 1 aliphatic carbocycles. The van der Waals surface area contributed by atoms with E-state index in [1.54, 1.807) is 30.3 Å². The van der Waals surface area contributed by atoms with Crippen LogP contribution in [0.1, 0.15) is 19.4 Å². The molecule has 0 aliphatic heterocycles. The molecule has 0 bridgehead atoms. The minimum Gasteiger partial charge on any atom is -0.466 e. The zero-order valence-corrected chi connectivity index (χ0v) is 13.4. The molecule has 0 saturated heterocycles. The Balaban J connectivity index is 2.43. The van der Waals surface area contributed by atoms with Crippen molar-refractivity contribution < 1.29 is 32.2 Å². The van der Waals surface area contributed by atoms with Gasteiger partial charge < -0.3 is 9.47 Å². The molecule has 1 aromatic carbocycles.